The average Bonchev–Trinajstić information content (AvgIpc) is 3.35. The smallest absolute Gasteiger partial charge is 0.160 e. The molecule has 0 saturated heterocycles. The van der Waals surface area contributed by atoms with E-state index in [4.69, 9.17) is 5.26 Å². The summed E-state index contributed by atoms with van der Waals surface area (Å²) in [6, 6.07) is 1.80. The molecule has 0 spiro atoms. The Morgan fingerprint density at radius 3 is 2.68 bits per heavy atom. The highest BCUT2D eigenvalue weighted by Gasteiger charge is 2.59. The van der Waals surface area contributed by atoms with E-state index in [9.17, 15) is 9.90 Å². The molecule has 1 aromatic heterocycles. The number of aromatic nitrogens is 2. The standard InChI is InChI=1S/C26H37N3O2/c1-16(29-15-17(13-27)14-28-29)24(30)23-7-6-22-21-5-4-18-12-25(2,31)10-8-19(18)20(21)9-11-26(22,23)3/h14-16,18-23,31H,4-12H2,1-3H3/t16?,18-,19+,20-,21-,22+,23-,25-,26+/m1/s1. The van der Waals surface area contributed by atoms with Gasteiger partial charge in [0, 0.05) is 12.1 Å². The second-order valence-electron chi connectivity index (χ2n) is 11.7. The van der Waals surface area contributed by atoms with Crippen LogP contribution in [-0.4, -0.2) is 26.3 Å². The Bertz CT molecular complexity index is 899. The van der Waals surface area contributed by atoms with E-state index in [-0.39, 0.29) is 17.4 Å². The third-order valence-electron chi connectivity index (χ3n) is 10.1. The minimum atomic E-state index is -0.462. The Morgan fingerprint density at radius 2 is 1.94 bits per heavy atom. The molecular formula is C26H37N3O2. The van der Waals surface area contributed by atoms with E-state index < -0.39 is 5.60 Å². The molecule has 1 heterocycles. The molecule has 0 aliphatic heterocycles. The van der Waals surface area contributed by atoms with Gasteiger partial charge in [-0.05, 0) is 107 Å². The highest BCUT2D eigenvalue weighted by atomic mass is 16.3. The Morgan fingerprint density at radius 1 is 1.16 bits per heavy atom. The van der Waals surface area contributed by atoms with Crippen LogP contribution in [0, 0.1) is 52.3 Å². The first-order valence-electron chi connectivity index (χ1n) is 12.4. The van der Waals surface area contributed by atoms with Gasteiger partial charge in [0.25, 0.3) is 0 Å². The SMILES string of the molecule is CC(C(=O)[C@H]1CC[C@H]2[C@@H]3CC[C@@H]4C[C@](C)(O)CC[C@@H]4[C@H]3CC[C@]12C)n1cc(C#N)cn1. The monoisotopic (exact) mass is 423 g/mol. The highest BCUT2D eigenvalue weighted by Crippen LogP contribution is 2.65. The number of nitriles is 1. The summed E-state index contributed by atoms with van der Waals surface area (Å²) in [7, 11) is 0. The van der Waals surface area contributed by atoms with E-state index >= 15 is 0 Å². The lowest BCUT2D eigenvalue weighted by atomic mass is 9.49. The van der Waals surface area contributed by atoms with E-state index in [1.54, 1.807) is 17.1 Å². The number of nitrogens with zero attached hydrogens (tertiary/aromatic N) is 3. The Kier molecular flexibility index (Phi) is 5.09. The zero-order valence-electron chi connectivity index (χ0n) is 19.3. The zero-order valence-corrected chi connectivity index (χ0v) is 19.3. The van der Waals surface area contributed by atoms with Gasteiger partial charge in [-0.15, -0.1) is 0 Å². The molecule has 31 heavy (non-hydrogen) atoms. The van der Waals surface area contributed by atoms with Crippen LogP contribution in [0.3, 0.4) is 0 Å². The van der Waals surface area contributed by atoms with Crippen LogP contribution in [0.25, 0.3) is 0 Å². The second kappa shape index (κ2) is 7.44. The highest BCUT2D eigenvalue weighted by molar-refractivity contribution is 5.85. The summed E-state index contributed by atoms with van der Waals surface area (Å²) >= 11 is 0. The first kappa shape index (κ1) is 21.2. The van der Waals surface area contributed by atoms with Gasteiger partial charge in [-0.3, -0.25) is 9.48 Å². The van der Waals surface area contributed by atoms with Gasteiger partial charge >= 0.3 is 0 Å². The van der Waals surface area contributed by atoms with Crippen LogP contribution in [0.15, 0.2) is 12.4 Å². The van der Waals surface area contributed by atoms with E-state index in [0.717, 1.165) is 43.4 Å². The molecule has 4 aliphatic rings. The molecule has 9 atom stereocenters. The molecular weight excluding hydrogens is 386 g/mol. The Balaban J connectivity index is 1.33. The summed E-state index contributed by atoms with van der Waals surface area (Å²) < 4.78 is 1.68. The maximum Gasteiger partial charge on any atom is 0.160 e. The van der Waals surface area contributed by atoms with E-state index in [1.165, 1.54) is 32.1 Å². The van der Waals surface area contributed by atoms with Crippen LogP contribution in [0.2, 0.25) is 0 Å². The number of Topliss-reactive ketones (excluding diaryl/α,β-unsaturated/α-hetero) is 1. The van der Waals surface area contributed by atoms with Crippen LogP contribution in [0.1, 0.15) is 90.2 Å². The fraction of sp³-hybridized carbons (Fsp3) is 0.808. The summed E-state index contributed by atoms with van der Waals surface area (Å²) in [6.07, 6.45) is 13.5. The first-order valence-corrected chi connectivity index (χ1v) is 12.4. The third kappa shape index (κ3) is 3.37. The predicted octanol–water partition coefficient (Wildman–Crippen LogP) is 4.90. The van der Waals surface area contributed by atoms with Gasteiger partial charge in [0.15, 0.2) is 5.78 Å². The van der Waals surface area contributed by atoms with E-state index in [1.807, 2.05) is 13.8 Å². The summed E-state index contributed by atoms with van der Waals surface area (Å²) in [4.78, 5) is 13.6. The van der Waals surface area contributed by atoms with Crippen LogP contribution in [0.5, 0.6) is 0 Å². The molecule has 4 fully saturated rings. The average molecular weight is 424 g/mol. The van der Waals surface area contributed by atoms with E-state index in [0.29, 0.717) is 23.2 Å². The molecule has 1 aromatic rings. The molecule has 0 amide bonds. The van der Waals surface area contributed by atoms with Crippen molar-refractivity contribution in [2.24, 2.45) is 40.9 Å². The lowest BCUT2D eigenvalue weighted by molar-refractivity contribution is -0.135. The van der Waals surface area contributed by atoms with Gasteiger partial charge in [0.2, 0.25) is 0 Å². The van der Waals surface area contributed by atoms with Crippen LogP contribution < -0.4 is 0 Å². The van der Waals surface area contributed by atoms with Crippen molar-refractivity contribution < 1.29 is 9.90 Å². The predicted molar refractivity (Wildman–Crippen MR) is 118 cm³/mol. The zero-order chi connectivity index (χ0) is 22.0. The molecule has 5 heteroatoms. The van der Waals surface area contributed by atoms with Gasteiger partial charge in [-0.1, -0.05) is 6.92 Å². The van der Waals surface area contributed by atoms with Crippen molar-refractivity contribution in [3.8, 4) is 6.07 Å². The number of aliphatic hydroxyl groups is 1. The van der Waals surface area contributed by atoms with Crippen LogP contribution in [-0.2, 0) is 4.79 Å². The van der Waals surface area contributed by atoms with E-state index in [2.05, 4.69) is 18.1 Å². The quantitative estimate of drug-likeness (QED) is 0.749. The summed E-state index contributed by atoms with van der Waals surface area (Å²) in [5.41, 5.74) is 0.153. The number of fused-ring (bicyclic) bond motifs is 5. The van der Waals surface area contributed by atoms with Crippen molar-refractivity contribution in [3.05, 3.63) is 18.0 Å². The second-order valence-corrected chi connectivity index (χ2v) is 11.7. The third-order valence-corrected chi connectivity index (χ3v) is 10.1. The topological polar surface area (TPSA) is 78.9 Å². The number of carbonyl (C=O) groups is 1. The fourth-order valence-corrected chi connectivity index (χ4v) is 8.58. The summed E-state index contributed by atoms with van der Waals surface area (Å²) in [5, 5.41) is 24.0. The normalized spacial score (nSPS) is 45.1. The molecule has 1 N–H and O–H groups in total. The molecule has 4 saturated carbocycles. The van der Waals surface area contributed by atoms with Gasteiger partial charge in [0.05, 0.1) is 17.4 Å². The van der Waals surface area contributed by atoms with Crippen LogP contribution in [0.4, 0.5) is 0 Å². The van der Waals surface area contributed by atoms with Crippen LogP contribution >= 0.6 is 0 Å². The largest absolute Gasteiger partial charge is 0.390 e. The Labute approximate surface area is 186 Å². The summed E-state index contributed by atoms with van der Waals surface area (Å²) in [6.45, 7) is 6.37. The fourth-order valence-electron chi connectivity index (χ4n) is 8.58. The Hall–Kier alpha value is -1.67. The number of carbonyl (C=O) groups excluding carboxylic acids is 1. The van der Waals surface area contributed by atoms with Gasteiger partial charge < -0.3 is 5.11 Å². The van der Waals surface area contributed by atoms with Crippen molar-refractivity contribution in [1.29, 1.82) is 5.26 Å². The molecule has 0 bridgehead atoms. The lowest BCUT2D eigenvalue weighted by Crippen LogP contribution is -2.51. The maximum absolute atomic E-state index is 13.6. The van der Waals surface area contributed by atoms with Crippen molar-refractivity contribution >= 4 is 5.78 Å². The van der Waals surface area contributed by atoms with Gasteiger partial charge in [-0.25, -0.2) is 0 Å². The van der Waals surface area contributed by atoms with Crippen molar-refractivity contribution in [1.82, 2.24) is 9.78 Å². The number of hydrogen-bond acceptors (Lipinski definition) is 4. The van der Waals surface area contributed by atoms with Gasteiger partial charge in [0.1, 0.15) is 12.1 Å². The molecule has 0 radical (unpaired) electrons. The van der Waals surface area contributed by atoms with Gasteiger partial charge in [-0.2, -0.15) is 10.4 Å². The molecule has 5 nitrogen and oxygen atoms in total. The first-order chi connectivity index (χ1) is 14.7. The van der Waals surface area contributed by atoms with Crippen molar-refractivity contribution in [2.75, 3.05) is 0 Å². The lowest BCUT2D eigenvalue weighted by Gasteiger charge is -2.57. The minimum Gasteiger partial charge on any atom is -0.390 e. The number of rotatable bonds is 3. The van der Waals surface area contributed by atoms with Crippen molar-refractivity contribution in [3.63, 3.8) is 0 Å². The number of hydrogen-bond donors (Lipinski definition) is 1. The minimum absolute atomic E-state index is 0.102. The number of ketones is 1. The molecule has 4 aliphatic carbocycles. The molecule has 1 unspecified atom stereocenters. The molecule has 168 valence electrons. The molecule has 0 aromatic carbocycles. The summed E-state index contributed by atoms with van der Waals surface area (Å²) in [5.74, 6) is 4.09. The van der Waals surface area contributed by atoms with Crippen molar-refractivity contribution in [2.45, 2.75) is 90.2 Å². The molecule has 5 rings (SSSR count). The maximum atomic E-state index is 13.6.